The molecule has 0 aromatic heterocycles. The van der Waals surface area contributed by atoms with Crippen LogP contribution in [-0.2, 0) is 0 Å². The number of nitrogens with one attached hydrogen (secondary N) is 1. The maximum atomic E-state index is 5.84. The van der Waals surface area contributed by atoms with Crippen molar-refractivity contribution in [2.24, 2.45) is 5.92 Å². The molecule has 0 radical (unpaired) electrons. The molecule has 19 heavy (non-hydrogen) atoms. The van der Waals surface area contributed by atoms with Gasteiger partial charge in [-0.1, -0.05) is 44.2 Å². The molecule has 0 saturated carbocycles. The van der Waals surface area contributed by atoms with Crippen molar-refractivity contribution >= 4 is 6.08 Å². The van der Waals surface area contributed by atoms with E-state index in [1.165, 1.54) is 6.42 Å². The van der Waals surface area contributed by atoms with E-state index in [-0.39, 0.29) is 0 Å². The fraction of sp³-hybridized carbons (Fsp3) is 0.529. The quantitative estimate of drug-likeness (QED) is 0.675. The van der Waals surface area contributed by atoms with Gasteiger partial charge in [0.15, 0.2) is 0 Å². The molecule has 0 heterocycles. The fourth-order valence-corrected chi connectivity index (χ4v) is 1.85. The van der Waals surface area contributed by atoms with E-state index in [2.05, 4.69) is 31.3 Å². The molecule has 106 valence electrons. The van der Waals surface area contributed by atoms with E-state index in [0.717, 1.165) is 43.3 Å². The van der Waals surface area contributed by atoms with Crippen molar-refractivity contribution in [3.63, 3.8) is 0 Å². The highest BCUT2D eigenvalue weighted by molar-refractivity contribution is 5.56. The SMILES string of the molecule is CC=Cc1ccccc1OCCCCNCC(C)C. The monoisotopic (exact) mass is 261 g/mol. The molecule has 0 atom stereocenters. The highest BCUT2D eigenvalue weighted by atomic mass is 16.5. The van der Waals surface area contributed by atoms with Crippen molar-refractivity contribution < 1.29 is 4.74 Å². The van der Waals surface area contributed by atoms with Gasteiger partial charge in [-0.05, 0) is 44.8 Å². The minimum atomic E-state index is 0.726. The topological polar surface area (TPSA) is 21.3 Å². The first-order valence-corrected chi connectivity index (χ1v) is 7.29. The van der Waals surface area contributed by atoms with Gasteiger partial charge < -0.3 is 10.1 Å². The third-order valence-electron chi connectivity index (χ3n) is 2.82. The van der Waals surface area contributed by atoms with E-state index >= 15 is 0 Å². The second-order valence-corrected chi connectivity index (χ2v) is 5.19. The maximum Gasteiger partial charge on any atom is 0.126 e. The molecule has 0 aliphatic carbocycles. The maximum absolute atomic E-state index is 5.84. The first-order chi connectivity index (χ1) is 9.24. The van der Waals surface area contributed by atoms with E-state index in [0.29, 0.717) is 0 Å². The Balaban J connectivity index is 2.19. The largest absolute Gasteiger partial charge is 0.493 e. The van der Waals surface area contributed by atoms with E-state index in [1.54, 1.807) is 0 Å². The number of para-hydroxylation sites is 1. The van der Waals surface area contributed by atoms with Gasteiger partial charge in [-0.25, -0.2) is 0 Å². The van der Waals surface area contributed by atoms with Gasteiger partial charge in [-0.2, -0.15) is 0 Å². The molecule has 0 fully saturated rings. The highest BCUT2D eigenvalue weighted by Crippen LogP contribution is 2.19. The summed E-state index contributed by atoms with van der Waals surface area (Å²) in [4.78, 5) is 0. The van der Waals surface area contributed by atoms with Crippen LogP contribution in [0.3, 0.4) is 0 Å². The summed E-state index contributed by atoms with van der Waals surface area (Å²) >= 11 is 0. The Bertz CT molecular complexity index is 371. The van der Waals surface area contributed by atoms with E-state index < -0.39 is 0 Å². The third-order valence-corrected chi connectivity index (χ3v) is 2.82. The molecular formula is C17H27NO. The van der Waals surface area contributed by atoms with Gasteiger partial charge in [0.25, 0.3) is 0 Å². The molecule has 1 N–H and O–H groups in total. The average molecular weight is 261 g/mol. The number of unbranched alkanes of at least 4 members (excludes halogenated alkanes) is 1. The molecule has 2 heteroatoms. The molecule has 0 aliphatic rings. The van der Waals surface area contributed by atoms with Crippen LogP contribution in [0.1, 0.15) is 39.2 Å². The lowest BCUT2D eigenvalue weighted by atomic mass is 10.2. The second kappa shape index (κ2) is 9.62. The second-order valence-electron chi connectivity index (χ2n) is 5.19. The lowest BCUT2D eigenvalue weighted by Gasteiger charge is -2.10. The van der Waals surface area contributed by atoms with Gasteiger partial charge >= 0.3 is 0 Å². The Labute approximate surface area is 117 Å². The number of hydrogen-bond acceptors (Lipinski definition) is 2. The summed E-state index contributed by atoms with van der Waals surface area (Å²) in [5.41, 5.74) is 1.16. The summed E-state index contributed by atoms with van der Waals surface area (Å²) in [6.45, 7) is 9.46. The summed E-state index contributed by atoms with van der Waals surface area (Å²) in [5, 5.41) is 3.45. The molecule has 0 unspecified atom stereocenters. The molecule has 2 nitrogen and oxygen atoms in total. The first-order valence-electron chi connectivity index (χ1n) is 7.29. The van der Waals surface area contributed by atoms with Crippen molar-refractivity contribution in [3.8, 4) is 5.75 Å². The van der Waals surface area contributed by atoms with E-state index in [9.17, 15) is 0 Å². The first kappa shape index (κ1) is 15.8. The predicted molar refractivity (Wildman–Crippen MR) is 83.6 cm³/mol. The lowest BCUT2D eigenvalue weighted by molar-refractivity contribution is 0.305. The van der Waals surface area contributed by atoms with Crippen LogP contribution in [0.25, 0.3) is 6.08 Å². The zero-order valence-electron chi connectivity index (χ0n) is 12.5. The highest BCUT2D eigenvalue weighted by Gasteiger charge is 1.99. The fourth-order valence-electron chi connectivity index (χ4n) is 1.85. The molecule has 0 spiro atoms. The standard InChI is InChI=1S/C17H27NO/c1-4-9-16-10-5-6-11-17(16)19-13-8-7-12-18-14-15(2)3/h4-6,9-11,15,18H,7-8,12-14H2,1-3H3. The predicted octanol–water partition coefficient (Wildman–Crippen LogP) is 4.12. The molecule has 0 amide bonds. The Morgan fingerprint density at radius 2 is 2.00 bits per heavy atom. The molecular weight excluding hydrogens is 234 g/mol. The molecule has 1 aromatic carbocycles. The minimum Gasteiger partial charge on any atom is -0.493 e. The van der Waals surface area contributed by atoms with Gasteiger partial charge in [0.2, 0.25) is 0 Å². The van der Waals surface area contributed by atoms with Crippen molar-refractivity contribution in [2.45, 2.75) is 33.6 Å². The van der Waals surface area contributed by atoms with Crippen molar-refractivity contribution in [2.75, 3.05) is 19.7 Å². The molecule has 0 bridgehead atoms. The van der Waals surface area contributed by atoms with Crippen LogP contribution < -0.4 is 10.1 Å². The third kappa shape index (κ3) is 7.02. The number of ether oxygens (including phenoxy) is 1. The van der Waals surface area contributed by atoms with Gasteiger partial charge in [-0.15, -0.1) is 0 Å². The average Bonchev–Trinajstić information content (AvgIpc) is 2.39. The molecule has 0 aliphatic heterocycles. The van der Waals surface area contributed by atoms with Gasteiger partial charge in [0.05, 0.1) is 6.61 Å². The van der Waals surface area contributed by atoms with Crippen LogP contribution >= 0.6 is 0 Å². The van der Waals surface area contributed by atoms with Crippen molar-refractivity contribution in [1.29, 1.82) is 0 Å². The van der Waals surface area contributed by atoms with Crippen LogP contribution in [0.5, 0.6) is 5.75 Å². The molecule has 1 aromatic rings. The Morgan fingerprint density at radius 3 is 2.74 bits per heavy atom. The van der Waals surface area contributed by atoms with Crippen LogP contribution in [-0.4, -0.2) is 19.7 Å². The van der Waals surface area contributed by atoms with Crippen LogP contribution in [0.2, 0.25) is 0 Å². The summed E-state index contributed by atoms with van der Waals surface area (Å²) in [5.74, 6) is 1.71. The van der Waals surface area contributed by atoms with Gasteiger partial charge in [-0.3, -0.25) is 0 Å². The Morgan fingerprint density at radius 1 is 1.21 bits per heavy atom. The summed E-state index contributed by atoms with van der Waals surface area (Å²) in [6, 6.07) is 8.18. The number of rotatable bonds is 9. The lowest BCUT2D eigenvalue weighted by Crippen LogP contribution is -2.21. The van der Waals surface area contributed by atoms with Crippen LogP contribution in [0.4, 0.5) is 0 Å². The minimum absolute atomic E-state index is 0.726. The van der Waals surface area contributed by atoms with Gasteiger partial charge in [0.1, 0.15) is 5.75 Å². The Kier molecular flexibility index (Phi) is 7.99. The summed E-state index contributed by atoms with van der Waals surface area (Å²) in [6.07, 6.45) is 6.38. The van der Waals surface area contributed by atoms with Crippen molar-refractivity contribution in [1.82, 2.24) is 5.32 Å². The number of allylic oxidation sites excluding steroid dienone is 1. The normalized spacial score (nSPS) is 11.4. The zero-order valence-corrected chi connectivity index (χ0v) is 12.5. The molecule has 1 rings (SSSR count). The Hall–Kier alpha value is -1.28. The van der Waals surface area contributed by atoms with Crippen molar-refractivity contribution in [3.05, 3.63) is 35.9 Å². The smallest absolute Gasteiger partial charge is 0.126 e. The van der Waals surface area contributed by atoms with E-state index in [1.807, 2.05) is 31.2 Å². The summed E-state index contributed by atoms with van der Waals surface area (Å²) in [7, 11) is 0. The zero-order chi connectivity index (χ0) is 13.9. The van der Waals surface area contributed by atoms with Crippen LogP contribution in [0, 0.1) is 5.92 Å². The summed E-state index contributed by atoms with van der Waals surface area (Å²) < 4.78 is 5.84. The van der Waals surface area contributed by atoms with E-state index in [4.69, 9.17) is 4.74 Å². The number of benzene rings is 1. The van der Waals surface area contributed by atoms with Crippen LogP contribution in [0.15, 0.2) is 30.3 Å². The van der Waals surface area contributed by atoms with Gasteiger partial charge in [0, 0.05) is 5.56 Å². The molecule has 0 saturated heterocycles. The number of hydrogen-bond donors (Lipinski definition) is 1.